The van der Waals surface area contributed by atoms with Gasteiger partial charge in [0.1, 0.15) is 0 Å². The first-order valence-electron chi connectivity index (χ1n) is 6.79. The molecule has 0 bridgehead atoms. The van der Waals surface area contributed by atoms with Gasteiger partial charge >= 0.3 is 0 Å². The molecular weight excluding hydrogens is 272 g/mol. The summed E-state index contributed by atoms with van der Waals surface area (Å²) in [6, 6.07) is 10.0. The molecule has 0 aliphatic heterocycles. The van der Waals surface area contributed by atoms with E-state index in [2.05, 4.69) is 29.9 Å². The van der Waals surface area contributed by atoms with Gasteiger partial charge in [0.2, 0.25) is 0 Å². The number of hydrogen-bond acceptors (Lipinski definition) is 1. The van der Waals surface area contributed by atoms with Crippen LogP contribution in [0.3, 0.4) is 0 Å². The van der Waals surface area contributed by atoms with E-state index in [1.54, 1.807) is 0 Å². The molecule has 0 aromatic carbocycles. The maximum absolute atomic E-state index is 8.81. The minimum absolute atomic E-state index is 0.0353. The van der Waals surface area contributed by atoms with Crippen molar-refractivity contribution >= 4 is 36.6 Å². The minimum Gasteiger partial charge on any atom is -0.396 e. The largest absolute Gasteiger partial charge is 0.396 e. The van der Waals surface area contributed by atoms with Crippen molar-refractivity contribution in [2.45, 2.75) is 68.4 Å². The molecular formula is C12H28OSi4. The summed E-state index contributed by atoms with van der Waals surface area (Å²) in [5.74, 6) is 0. The Morgan fingerprint density at radius 2 is 1.18 bits per heavy atom. The quantitative estimate of drug-likeness (QED) is 0.580. The maximum atomic E-state index is 8.81. The lowest BCUT2D eigenvalue weighted by Gasteiger charge is -2.14. The molecule has 1 nitrogen and oxygen atoms in total. The van der Waals surface area contributed by atoms with E-state index in [0.29, 0.717) is 6.61 Å². The van der Waals surface area contributed by atoms with Gasteiger partial charge in [-0.05, 0) is 6.42 Å². The zero-order valence-corrected chi connectivity index (χ0v) is 15.8. The van der Waals surface area contributed by atoms with Crippen LogP contribution in [0.5, 0.6) is 0 Å². The number of aliphatic hydroxyl groups is 1. The van der Waals surface area contributed by atoms with E-state index in [4.69, 9.17) is 5.11 Å². The van der Waals surface area contributed by atoms with E-state index in [9.17, 15) is 0 Å². The topological polar surface area (TPSA) is 20.2 Å². The van der Waals surface area contributed by atoms with Gasteiger partial charge in [-0.3, -0.25) is 0 Å². The summed E-state index contributed by atoms with van der Waals surface area (Å²) >= 11 is 0. The summed E-state index contributed by atoms with van der Waals surface area (Å²) in [6.45, 7) is 7.83. The van der Waals surface area contributed by atoms with Crippen LogP contribution in [0.4, 0.5) is 0 Å². The zero-order chi connectivity index (χ0) is 13.1. The van der Waals surface area contributed by atoms with Crippen molar-refractivity contribution < 1.29 is 5.11 Å². The van der Waals surface area contributed by atoms with Gasteiger partial charge in [-0.25, -0.2) is 0 Å². The Bertz CT molecular complexity index is 169. The fourth-order valence-corrected chi connectivity index (χ4v) is 11.9. The second kappa shape index (κ2) is 11.9. The Kier molecular flexibility index (Phi) is 12.5. The van der Waals surface area contributed by atoms with Gasteiger partial charge in [0.05, 0.1) is 0 Å². The molecule has 0 rings (SSSR count). The van der Waals surface area contributed by atoms with Crippen molar-refractivity contribution in [3.63, 3.8) is 0 Å². The van der Waals surface area contributed by atoms with E-state index in [1.165, 1.54) is 42.3 Å². The summed E-state index contributed by atoms with van der Waals surface area (Å²) < 4.78 is 0. The van der Waals surface area contributed by atoms with Crippen LogP contribution < -0.4 is 0 Å². The third kappa shape index (κ3) is 11.6. The Balaban J connectivity index is 3.48. The molecule has 0 saturated heterocycles. The number of rotatable bonds is 11. The summed E-state index contributed by atoms with van der Waals surface area (Å²) in [6.07, 6.45) is 1.03. The fraction of sp³-hybridized carbons (Fsp3) is 1.00. The van der Waals surface area contributed by atoms with Gasteiger partial charge in [-0.2, -0.15) is 0 Å². The average Bonchev–Trinajstić information content (AvgIpc) is 2.31. The first-order chi connectivity index (χ1) is 8.10. The normalized spacial score (nSPS) is 12.0. The third-order valence-electron chi connectivity index (χ3n) is 3.27. The van der Waals surface area contributed by atoms with E-state index in [0.717, 1.165) is 6.42 Å². The van der Waals surface area contributed by atoms with Crippen molar-refractivity contribution in [2.24, 2.45) is 0 Å². The molecule has 0 amide bonds. The lowest BCUT2D eigenvalue weighted by Crippen LogP contribution is -2.16. The van der Waals surface area contributed by atoms with Crippen LogP contribution in [0.2, 0.25) is 61.9 Å². The van der Waals surface area contributed by atoms with Crippen LogP contribution >= 0.6 is 0 Å². The van der Waals surface area contributed by atoms with Crippen LogP contribution in [-0.4, -0.2) is 48.3 Å². The van der Waals surface area contributed by atoms with Crippen LogP contribution in [0.25, 0.3) is 0 Å². The van der Waals surface area contributed by atoms with Gasteiger partial charge in [0, 0.05) is 43.2 Å². The molecule has 17 heavy (non-hydrogen) atoms. The van der Waals surface area contributed by atoms with Gasteiger partial charge in [-0.1, -0.05) is 61.9 Å². The first-order valence-corrected chi connectivity index (χ1v) is 14.7. The Morgan fingerprint density at radius 1 is 0.765 bits per heavy atom. The Morgan fingerprint density at radius 3 is 1.59 bits per heavy atom. The van der Waals surface area contributed by atoms with Gasteiger partial charge < -0.3 is 5.11 Å². The van der Waals surface area contributed by atoms with Gasteiger partial charge in [0.15, 0.2) is 0 Å². The average molecular weight is 301 g/mol. The highest BCUT2D eigenvalue weighted by atomic mass is 28.3. The van der Waals surface area contributed by atoms with Crippen molar-refractivity contribution in [3.8, 4) is 0 Å². The van der Waals surface area contributed by atoms with Crippen LogP contribution in [0.15, 0.2) is 0 Å². The standard InChI is InChI=1S/C12H28OSi4/c1-15(7-4-5-13)9-11-17(3)12-10-16(2)8-6-14/h13H,4-12H2,1-3H3. The molecule has 0 saturated carbocycles. The highest BCUT2D eigenvalue weighted by molar-refractivity contribution is 6.65. The van der Waals surface area contributed by atoms with Crippen LogP contribution in [-0.2, 0) is 0 Å². The summed E-state index contributed by atoms with van der Waals surface area (Å²) in [7, 11) is 3.38. The molecule has 0 aromatic rings. The van der Waals surface area contributed by atoms with Crippen LogP contribution in [0.1, 0.15) is 6.42 Å². The fourth-order valence-electron chi connectivity index (χ4n) is 1.82. The molecule has 0 aliphatic rings. The monoisotopic (exact) mass is 300 g/mol. The molecule has 0 unspecified atom stereocenters. The van der Waals surface area contributed by atoms with E-state index >= 15 is 0 Å². The second-order valence-electron chi connectivity index (χ2n) is 5.20. The first kappa shape index (κ1) is 17.8. The van der Waals surface area contributed by atoms with E-state index < -0.39 is 0 Å². The van der Waals surface area contributed by atoms with Gasteiger partial charge in [-0.15, -0.1) is 0 Å². The second-order valence-corrected chi connectivity index (χ2v) is 14.4. The van der Waals surface area contributed by atoms with Gasteiger partial charge in [0.25, 0.3) is 0 Å². The molecule has 0 fully saturated rings. The minimum atomic E-state index is -0.129. The molecule has 0 heterocycles. The maximum Gasteiger partial charge on any atom is 0.0443 e. The summed E-state index contributed by atoms with van der Waals surface area (Å²) in [4.78, 5) is 0. The molecule has 0 aromatic heterocycles. The third-order valence-corrected chi connectivity index (χ3v) is 11.7. The predicted octanol–water partition coefficient (Wildman–Crippen LogP) is 3.33. The highest BCUT2D eigenvalue weighted by Gasteiger charge is 2.11. The van der Waals surface area contributed by atoms with Crippen molar-refractivity contribution in [3.05, 3.63) is 0 Å². The van der Waals surface area contributed by atoms with E-state index in [1.807, 2.05) is 0 Å². The smallest absolute Gasteiger partial charge is 0.0443 e. The SMILES string of the molecule is C[Si](CC[Si])CC[Si](C)CC[Si](C)CCCO. The summed E-state index contributed by atoms with van der Waals surface area (Å²) in [5.41, 5.74) is 0. The van der Waals surface area contributed by atoms with Crippen molar-refractivity contribution in [1.29, 1.82) is 0 Å². The van der Waals surface area contributed by atoms with Crippen molar-refractivity contribution in [1.82, 2.24) is 0 Å². The predicted molar refractivity (Wildman–Crippen MR) is 86.0 cm³/mol. The zero-order valence-electron chi connectivity index (χ0n) is 11.8. The molecule has 98 valence electrons. The Labute approximate surface area is 117 Å². The van der Waals surface area contributed by atoms with Crippen molar-refractivity contribution in [2.75, 3.05) is 6.61 Å². The molecule has 0 aliphatic carbocycles. The lowest BCUT2D eigenvalue weighted by atomic mass is 10.5. The van der Waals surface area contributed by atoms with Crippen LogP contribution in [0, 0.1) is 0 Å². The van der Waals surface area contributed by atoms with E-state index in [-0.39, 0.29) is 26.4 Å². The summed E-state index contributed by atoms with van der Waals surface area (Å²) in [5, 5.41) is 8.81. The molecule has 0 atom stereocenters. The molecule has 5 heteroatoms. The molecule has 6 radical (unpaired) electrons. The number of aliphatic hydroxyl groups excluding tert-OH is 1. The molecule has 0 spiro atoms. The molecule has 1 N–H and O–H groups in total. The number of hydrogen-bond donors (Lipinski definition) is 1. The highest BCUT2D eigenvalue weighted by Crippen LogP contribution is 2.15. The Hall–Kier alpha value is 0.828. The lowest BCUT2D eigenvalue weighted by molar-refractivity contribution is 0.294.